The second-order valence-electron chi connectivity index (χ2n) is 15.9. The third-order valence-corrected chi connectivity index (χ3v) is 12.2. The lowest BCUT2D eigenvalue weighted by Gasteiger charge is -2.42. The van der Waals surface area contributed by atoms with Gasteiger partial charge >= 0.3 is 0 Å². The number of amides is 3. The van der Waals surface area contributed by atoms with E-state index in [0.717, 1.165) is 64.5 Å². The number of rotatable bonds is 10. The first-order valence-corrected chi connectivity index (χ1v) is 20.4. The van der Waals surface area contributed by atoms with Crippen LogP contribution >= 0.6 is 0 Å². The largest absolute Gasteiger partial charge is 0.374 e. The maximum atomic E-state index is 15.2. The van der Waals surface area contributed by atoms with Crippen LogP contribution in [0.1, 0.15) is 64.2 Å². The highest BCUT2D eigenvalue weighted by atomic mass is 19.1. The van der Waals surface area contributed by atoms with Crippen LogP contribution in [-0.2, 0) is 14.4 Å². The van der Waals surface area contributed by atoms with E-state index in [-0.39, 0.29) is 59.2 Å². The van der Waals surface area contributed by atoms with Crippen molar-refractivity contribution in [3.63, 3.8) is 0 Å². The summed E-state index contributed by atoms with van der Waals surface area (Å²) in [5, 5.41) is 12.1. The Hall–Kier alpha value is -5.70. The predicted molar refractivity (Wildman–Crippen MR) is 217 cm³/mol. The minimum Gasteiger partial charge on any atom is -0.374 e. The van der Waals surface area contributed by atoms with E-state index in [1.165, 1.54) is 12.3 Å². The molecule has 8 rings (SSSR count). The van der Waals surface area contributed by atoms with Gasteiger partial charge in [0.15, 0.2) is 5.82 Å². The van der Waals surface area contributed by atoms with Gasteiger partial charge < -0.3 is 25.8 Å². The molecule has 4 heterocycles. The normalized spacial score (nSPS) is 24.2. The SMILES string of the molecule is O=C1CC[C@@H](Nc2ccc(N3CCN(C4CCC(C(=O)NC5CCC(Nc6ncc(F)c(-c7cccc(-c8ccc[nH]c8=O)c7)n6)CC5)CC4)CC3)c(F)c2)C(=O)N1. The number of carbonyl (C=O) groups excluding carboxylic acids is 3. The zero-order valence-electron chi connectivity index (χ0n) is 32.3. The Morgan fingerprint density at radius 3 is 2.28 bits per heavy atom. The van der Waals surface area contributed by atoms with E-state index in [1.807, 2.05) is 0 Å². The topological polar surface area (TPSA) is 164 Å². The van der Waals surface area contributed by atoms with Crippen molar-refractivity contribution in [1.29, 1.82) is 0 Å². The number of piperidine rings is 1. The van der Waals surface area contributed by atoms with Crippen molar-refractivity contribution in [2.24, 2.45) is 5.92 Å². The molecule has 304 valence electrons. The molecule has 4 aliphatic rings. The molecule has 0 bridgehead atoms. The molecule has 4 fully saturated rings. The van der Waals surface area contributed by atoms with E-state index >= 15 is 4.39 Å². The van der Waals surface area contributed by atoms with Crippen LogP contribution in [0.15, 0.2) is 71.8 Å². The highest BCUT2D eigenvalue weighted by molar-refractivity contribution is 6.01. The number of carbonyl (C=O) groups is 3. The number of aromatic nitrogens is 3. The monoisotopic (exact) mass is 793 g/mol. The third kappa shape index (κ3) is 9.04. The van der Waals surface area contributed by atoms with E-state index in [0.29, 0.717) is 59.6 Å². The summed E-state index contributed by atoms with van der Waals surface area (Å²) in [5.74, 6) is -1.10. The van der Waals surface area contributed by atoms with Crippen LogP contribution in [0.2, 0.25) is 0 Å². The van der Waals surface area contributed by atoms with Gasteiger partial charge in [0.1, 0.15) is 17.6 Å². The molecule has 2 saturated heterocycles. The number of piperazine rings is 1. The van der Waals surface area contributed by atoms with E-state index in [1.54, 1.807) is 54.7 Å². The number of nitrogens with zero attached hydrogens (tertiary/aromatic N) is 4. The Kier molecular flexibility index (Phi) is 11.8. The molecule has 13 nitrogen and oxygen atoms in total. The Morgan fingerprint density at radius 2 is 1.53 bits per heavy atom. The molecule has 2 aromatic heterocycles. The lowest BCUT2D eigenvalue weighted by Crippen LogP contribution is -2.52. The Morgan fingerprint density at radius 1 is 0.776 bits per heavy atom. The van der Waals surface area contributed by atoms with Crippen LogP contribution in [-0.4, -0.2) is 87.9 Å². The number of benzene rings is 2. The van der Waals surface area contributed by atoms with E-state index in [2.05, 4.69) is 46.0 Å². The standard InChI is InChI=1S/C43H49F2N9O4/c44-34-24-31(48-36-15-17-38(55)51-42(36)58)12-16-37(34)54-21-19-53(20-22-54)32-13-6-26(7-14-32)40(56)49-29-8-10-30(11-9-29)50-43-47-25-35(45)39(52-43)28-4-1-3-27(23-28)33-5-2-18-46-41(33)57/h1-5,12,16,18,23-26,29-30,32,36,48H,6-11,13-15,17,19-22H2,(H,46,57)(H,49,56)(H,47,50,52)(H,51,55,58)/t26?,29?,30?,32?,36-/m1/s1. The fourth-order valence-corrected chi connectivity index (χ4v) is 8.92. The van der Waals surface area contributed by atoms with Gasteiger partial charge in [-0.15, -0.1) is 0 Å². The molecular formula is C43H49F2N9O4. The lowest BCUT2D eigenvalue weighted by molar-refractivity contribution is -0.133. The third-order valence-electron chi connectivity index (χ3n) is 12.2. The molecule has 3 amide bonds. The van der Waals surface area contributed by atoms with Gasteiger partial charge in [-0.3, -0.25) is 29.4 Å². The molecule has 2 aromatic carbocycles. The molecule has 2 saturated carbocycles. The Bertz CT molecular complexity index is 2190. The van der Waals surface area contributed by atoms with Crippen LogP contribution in [0.4, 0.5) is 26.1 Å². The minimum absolute atomic E-state index is 0.000397. The molecule has 2 aliphatic heterocycles. The average Bonchev–Trinajstić information content (AvgIpc) is 3.24. The number of anilines is 3. The van der Waals surface area contributed by atoms with E-state index in [4.69, 9.17) is 0 Å². The van der Waals surface area contributed by atoms with Gasteiger partial charge in [-0.25, -0.2) is 18.7 Å². The Labute approximate surface area is 335 Å². The highest BCUT2D eigenvalue weighted by Gasteiger charge is 2.33. The molecule has 5 N–H and O–H groups in total. The van der Waals surface area contributed by atoms with Crippen LogP contribution in [0, 0.1) is 17.6 Å². The maximum Gasteiger partial charge on any atom is 0.255 e. The number of pyridine rings is 1. The van der Waals surface area contributed by atoms with Crippen molar-refractivity contribution in [3.05, 3.63) is 89.0 Å². The smallest absolute Gasteiger partial charge is 0.255 e. The van der Waals surface area contributed by atoms with E-state index < -0.39 is 11.9 Å². The molecule has 58 heavy (non-hydrogen) atoms. The summed E-state index contributed by atoms with van der Waals surface area (Å²) in [6.45, 7) is 3.05. The van der Waals surface area contributed by atoms with Gasteiger partial charge in [0, 0.05) is 79.7 Å². The Balaban J connectivity index is 0.760. The second-order valence-corrected chi connectivity index (χ2v) is 15.9. The van der Waals surface area contributed by atoms with Gasteiger partial charge in [0.25, 0.3) is 5.56 Å². The number of aromatic amines is 1. The van der Waals surface area contributed by atoms with Crippen LogP contribution in [0.3, 0.4) is 0 Å². The van der Waals surface area contributed by atoms with Gasteiger partial charge in [-0.2, -0.15) is 0 Å². The predicted octanol–water partition coefficient (Wildman–Crippen LogP) is 5.21. The fourth-order valence-electron chi connectivity index (χ4n) is 8.92. The zero-order valence-corrected chi connectivity index (χ0v) is 32.3. The molecule has 0 radical (unpaired) electrons. The molecule has 0 unspecified atom stereocenters. The first-order chi connectivity index (χ1) is 28.2. The van der Waals surface area contributed by atoms with Crippen molar-refractivity contribution >= 4 is 35.0 Å². The van der Waals surface area contributed by atoms with Gasteiger partial charge in [-0.05, 0) is 99.7 Å². The second kappa shape index (κ2) is 17.4. The van der Waals surface area contributed by atoms with Crippen molar-refractivity contribution in [2.45, 2.75) is 88.4 Å². The maximum absolute atomic E-state index is 15.2. The van der Waals surface area contributed by atoms with Gasteiger partial charge in [0.05, 0.1) is 11.9 Å². The summed E-state index contributed by atoms with van der Waals surface area (Å²) in [6.07, 6.45) is 10.3. The number of nitrogens with one attached hydrogen (secondary N) is 5. The fraction of sp³-hybridized carbons (Fsp3) is 0.442. The number of H-pyrrole nitrogens is 1. The quantitative estimate of drug-likeness (QED) is 0.135. The number of hydrogen-bond donors (Lipinski definition) is 5. The van der Waals surface area contributed by atoms with Crippen molar-refractivity contribution in [2.75, 3.05) is 41.7 Å². The summed E-state index contributed by atoms with van der Waals surface area (Å²) in [7, 11) is 0. The number of hydrogen-bond acceptors (Lipinski definition) is 10. The summed E-state index contributed by atoms with van der Waals surface area (Å²) < 4.78 is 30.2. The van der Waals surface area contributed by atoms with Crippen LogP contribution in [0.5, 0.6) is 0 Å². The molecule has 1 atom stereocenters. The van der Waals surface area contributed by atoms with Crippen molar-refractivity contribution < 1.29 is 23.2 Å². The molecule has 0 spiro atoms. The summed E-state index contributed by atoms with van der Waals surface area (Å²) in [4.78, 5) is 65.2. The average molecular weight is 794 g/mol. The molecule has 15 heteroatoms. The zero-order chi connectivity index (χ0) is 40.2. The molecular weight excluding hydrogens is 745 g/mol. The summed E-state index contributed by atoms with van der Waals surface area (Å²) in [5.41, 5.74) is 2.68. The highest BCUT2D eigenvalue weighted by Crippen LogP contribution is 2.32. The summed E-state index contributed by atoms with van der Waals surface area (Å²) >= 11 is 0. The van der Waals surface area contributed by atoms with Gasteiger partial charge in [-0.1, -0.05) is 18.2 Å². The molecule has 4 aromatic rings. The van der Waals surface area contributed by atoms with Gasteiger partial charge in [0.2, 0.25) is 23.7 Å². The first kappa shape index (κ1) is 39.1. The van der Waals surface area contributed by atoms with Crippen LogP contribution in [0.25, 0.3) is 22.4 Å². The summed E-state index contributed by atoms with van der Waals surface area (Å²) in [6, 6.07) is 15.5. The number of halogens is 2. The van der Waals surface area contributed by atoms with Crippen molar-refractivity contribution in [1.82, 2.24) is 30.5 Å². The molecule has 2 aliphatic carbocycles. The van der Waals surface area contributed by atoms with Crippen molar-refractivity contribution in [3.8, 4) is 22.4 Å². The minimum atomic E-state index is -0.565. The lowest BCUT2D eigenvalue weighted by atomic mass is 9.83. The first-order valence-electron chi connectivity index (χ1n) is 20.4. The number of imide groups is 1. The van der Waals surface area contributed by atoms with Crippen LogP contribution < -0.4 is 31.7 Å². The van der Waals surface area contributed by atoms with E-state index in [9.17, 15) is 23.6 Å².